The van der Waals surface area contributed by atoms with Gasteiger partial charge in [0, 0.05) is 19.2 Å². The number of hydrogen-bond acceptors (Lipinski definition) is 6. The summed E-state index contributed by atoms with van der Waals surface area (Å²) in [6.07, 6.45) is 3.43. The van der Waals surface area contributed by atoms with Crippen LogP contribution in [0.1, 0.15) is 30.8 Å². The van der Waals surface area contributed by atoms with Crippen LogP contribution in [0.2, 0.25) is 0 Å². The van der Waals surface area contributed by atoms with E-state index in [9.17, 15) is 0 Å². The molecule has 0 saturated heterocycles. The van der Waals surface area contributed by atoms with Crippen LogP contribution in [0.5, 0.6) is 0 Å². The second-order valence-electron chi connectivity index (χ2n) is 4.27. The highest BCUT2D eigenvalue weighted by Gasteiger charge is 2.08. The zero-order chi connectivity index (χ0) is 13.8. The number of hydrogen-bond donors (Lipinski definition) is 2. The minimum Gasteiger partial charge on any atom is -0.384 e. The molecule has 0 aliphatic carbocycles. The molecule has 19 heavy (non-hydrogen) atoms. The van der Waals surface area contributed by atoms with E-state index in [4.69, 9.17) is 5.73 Å². The zero-order valence-corrected chi connectivity index (χ0v) is 11.5. The molecule has 0 amide bonds. The van der Waals surface area contributed by atoms with Crippen molar-refractivity contribution in [1.29, 1.82) is 0 Å². The van der Waals surface area contributed by atoms with Crippen LogP contribution in [0.15, 0.2) is 6.20 Å². The van der Waals surface area contributed by atoms with Crippen molar-refractivity contribution in [2.75, 3.05) is 11.1 Å². The lowest BCUT2D eigenvalue weighted by Gasteiger charge is -2.07. The Hall–Kier alpha value is -2.18. The van der Waals surface area contributed by atoms with Gasteiger partial charge in [-0.3, -0.25) is 4.68 Å². The Labute approximate surface area is 112 Å². The fourth-order valence-corrected chi connectivity index (χ4v) is 1.82. The number of nitrogens with zero attached hydrogens (tertiary/aromatic N) is 5. The van der Waals surface area contributed by atoms with Crippen molar-refractivity contribution in [3.8, 4) is 0 Å². The minimum atomic E-state index is 0.525. The molecule has 2 heterocycles. The molecule has 2 aromatic rings. The van der Waals surface area contributed by atoms with E-state index < -0.39 is 0 Å². The maximum atomic E-state index is 5.87. The molecule has 0 fully saturated rings. The Bertz CT molecular complexity index is 561. The Balaban J connectivity index is 2.09. The number of nitrogen functional groups attached to an aromatic ring is 1. The SMILES string of the molecule is CCc1nnc(NCc2cnn(C)c2N)nc1CC. The van der Waals surface area contributed by atoms with Crippen LogP contribution in [0.25, 0.3) is 0 Å². The van der Waals surface area contributed by atoms with E-state index in [0.717, 1.165) is 29.8 Å². The van der Waals surface area contributed by atoms with Gasteiger partial charge >= 0.3 is 0 Å². The van der Waals surface area contributed by atoms with Gasteiger partial charge in [-0.1, -0.05) is 13.8 Å². The normalized spacial score (nSPS) is 10.7. The van der Waals surface area contributed by atoms with Crippen molar-refractivity contribution in [2.24, 2.45) is 7.05 Å². The summed E-state index contributed by atoms with van der Waals surface area (Å²) < 4.78 is 1.63. The van der Waals surface area contributed by atoms with Gasteiger partial charge in [-0.15, -0.1) is 5.10 Å². The molecule has 0 spiro atoms. The molecule has 7 heteroatoms. The zero-order valence-electron chi connectivity index (χ0n) is 11.5. The molecule has 0 aromatic carbocycles. The van der Waals surface area contributed by atoms with Gasteiger partial charge in [0.1, 0.15) is 5.82 Å². The average molecular weight is 261 g/mol. The second kappa shape index (κ2) is 5.64. The number of aryl methyl sites for hydroxylation is 3. The molecule has 0 radical (unpaired) electrons. The monoisotopic (exact) mass is 261 g/mol. The predicted molar refractivity (Wildman–Crippen MR) is 73.5 cm³/mol. The molecule has 3 N–H and O–H groups in total. The number of nitrogens with one attached hydrogen (secondary N) is 1. The van der Waals surface area contributed by atoms with Gasteiger partial charge < -0.3 is 11.1 Å². The number of rotatable bonds is 5. The fourth-order valence-electron chi connectivity index (χ4n) is 1.82. The molecule has 0 atom stereocenters. The highest BCUT2D eigenvalue weighted by Crippen LogP contribution is 2.12. The van der Waals surface area contributed by atoms with Gasteiger partial charge in [0.15, 0.2) is 0 Å². The van der Waals surface area contributed by atoms with Gasteiger partial charge in [0.05, 0.1) is 17.6 Å². The van der Waals surface area contributed by atoms with Gasteiger partial charge in [-0.25, -0.2) is 4.98 Å². The smallest absolute Gasteiger partial charge is 0.243 e. The maximum absolute atomic E-state index is 5.87. The lowest BCUT2D eigenvalue weighted by Crippen LogP contribution is -2.10. The molecular weight excluding hydrogens is 242 g/mol. The van der Waals surface area contributed by atoms with Crippen LogP contribution in [0.3, 0.4) is 0 Å². The quantitative estimate of drug-likeness (QED) is 0.831. The lowest BCUT2D eigenvalue weighted by molar-refractivity contribution is 0.778. The van der Waals surface area contributed by atoms with Crippen molar-refractivity contribution in [1.82, 2.24) is 25.0 Å². The highest BCUT2D eigenvalue weighted by atomic mass is 15.3. The van der Waals surface area contributed by atoms with Crippen LogP contribution >= 0.6 is 0 Å². The minimum absolute atomic E-state index is 0.525. The van der Waals surface area contributed by atoms with Gasteiger partial charge in [-0.05, 0) is 12.8 Å². The molecule has 102 valence electrons. The summed E-state index contributed by atoms with van der Waals surface area (Å²) in [4.78, 5) is 4.46. The van der Waals surface area contributed by atoms with E-state index >= 15 is 0 Å². The first-order valence-corrected chi connectivity index (χ1v) is 6.38. The Morgan fingerprint density at radius 3 is 2.53 bits per heavy atom. The van der Waals surface area contributed by atoms with Crippen LogP contribution in [0.4, 0.5) is 11.8 Å². The molecule has 0 aliphatic rings. The van der Waals surface area contributed by atoms with E-state index in [0.29, 0.717) is 18.3 Å². The topological polar surface area (TPSA) is 94.5 Å². The van der Waals surface area contributed by atoms with Crippen molar-refractivity contribution < 1.29 is 0 Å². The van der Waals surface area contributed by atoms with Crippen LogP contribution in [0, 0.1) is 0 Å². The third kappa shape index (κ3) is 2.81. The van der Waals surface area contributed by atoms with E-state index in [1.54, 1.807) is 10.9 Å². The molecule has 0 bridgehead atoms. The predicted octanol–water partition coefficient (Wildman–Crippen LogP) is 0.924. The number of nitrogens with two attached hydrogens (primary N) is 1. The van der Waals surface area contributed by atoms with Crippen molar-refractivity contribution in [3.63, 3.8) is 0 Å². The van der Waals surface area contributed by atoms with E-state index in [1.807, 2.05) is 14.0 Å². The Morgan fingerprint density at radius 1 is 1.21 bits per heavy atom. The highest BCUT2D eigenvalue weighted by molar-refractivity contribution is 5.40. The third-order valence-corrected chi connectivity index (χ3v) is 3.01. The molecular formula is C12H19N7. The van der Waals surface area contributed by atoms with E-state index in [-0.39, 0.29) is 0 Å². The standard InChI is InChI=1S/C12H19N7/c1-4-9-10(5-2)17-18-12(16-9)14-6-8-7-15-19(3)11(8)13/h7H,4-6,13H2,1-3H3,(H,14,16,18). The molecule has 2 aromatic heterocycles. The Morgan fingerprint density at radius 2 is 1.95 bits per heavy atom. The Kier molecular flexibility index (Phi) is 3.94. The third-order valence-electron chi connectivity index (χ3n) is 3.01. The van der Waals surface area contributed by atoms with E-state index in [2.05, 4.69) is 32.5 Å². The second-order valence-corrected chi connectivity index (χ2v) is 4.27. The summed E-state index contributed by atoms with van der Waals surface area (Å²) in [6.45, 7) is 4.65. The number of aromatic nitrogens is 5. The summed E-state index contributed by atoms with van der Waals surface area (Å²) in [6, 6.07) is 0. The van der Waals surface area contributed by atoms with Crippen LogP contribution in [-0.2, 0) is 26.4 Å². The van der Waals surface area contributed by atoms with Gasteiger partial charge in [0.2, 0.25) is 5.95 Å². The summed E-state index contributed by atoms with van der Waals surface area (Å²) in [5.74, 6) is 1.17. The summed E-state index contributed by atoms with van der Waals surface area (Å²) in [5, 5.41) is 15.5. The van der Waals surface area contributed by atoms with Crippen molar-refractivity contribution >= 4 is 11.8 Å². The van der Waals surface area contributed by atoms with Crippen LogP contribution in [-0.4, -0.2) is 25.0 Å². The van der Waals surface area contributed by atoms with E-state index in [1.165, 1.54) is 0 Å². The average Bonchev–Trinajstić information content (AvgIpc) is 2.76. The first kappa shape index (κ1) is 13.3. The summed E-state index contributed by atoms with van der Waals surface area (Å²) >= 11 is 0. The molecule has 2 rings (SSSR count). The molecule has 0 saturated carbocycles. The lowest BCUT2D eigenvalue weighted by atomic mass is 10.2. The van der Waals surface area contributed by atoms with Gasteiger partial charge in [0.25, 0.3) is 0 Å². The first-order valence-electron chi connectivity index (χ1n) is 6.38. The van der Waals surface area contributed by atoms with Gasteiger partial charge in [-0.2, -0.15) is 10.2 Å². The summed E-state index contributed by atoms with van der Waals surface area (Å²) in [7, 11) is 1.81. The summed E-state index contributed by atoms with van der Waals surface area (Å²) in [5.41, 5.74) is 8.73. The molecule has 7 nitrogen and oxygen atoms in total. The first-order chi connectivity index (χ1) is 9.15. The largest absolute Gasteiger partial charge is 0.384 e. The maximum Gasteiger partial charge on any atom is 0.243 e. The fraction of sp³-hybridized carbons (Fsp3) is 0.500. The van der Waals surface area contributed by atoms with Crippen molar-refractivity contribution in [2.45, 2.75) is 33.2 Å². The molecule has 0 aliphatic heterocycles. The number of anilines is 2. The van der Waals surface area contributed by atoms with Crippen molar-refractivity contribution in [3.05, 3.63) is 23.1 Å². The molecule has 0 unspecified atom stereocenters. The van der Waals surface area contributed by atoms with Crippen LogP contribution < -0.4 is 11.1 Å².